The van der Waals surface area contributed by atoms with E-state index in [0.717, 1.165) is 0 Å². The van der Waals surface area contributed by atoms with Gasteiger partial charge in [0, 0.05) is 11.3 Å². The summed E-state index contributed by atoms with van der Waals surface area (Å²) in [5, 5.41) is 2.59. The lowest BCUT2D eigenvalue weighted by atomic mass is 10.2. The molecule has 0 saturated carbocycles. The maximum Gasteiger partial charge on any atom is 0.323 e. The Bertz CT molecular complexity index is 851. The van der Waals surface area contributed by atoms with Crippen molar-refractivity contribution < 1.29 is 9.18 Å². The van der Waals surface area contributed by atoms with E-state index >= 15 is 0 Å². The van der Waals surface area contributed by atoms with E-state index in [1.807, 2.05) is 0 Å². The number of nitrogens with one attached hydrogen (secondary N) is 3. The van der Waals surface area contributed by atoms with E-state index in [0.29, 0.717) is 22.3 Å². The maximum absolute atomic E-state index is 13.0. The average Bonchev–Trinajstić information content (AvgIpc) is 2.77. The molecule has 5 nitrogen and oxygen atoms in total. The zero-order valence-electron chi connectivity index (χ0n) is 10.2. The minimum Gasteiger partial charge on any atom is -0.322 e. The Hall–Kier alpha value is -2.89. The second-order valence-corrected chi connectivity index (χ2v) is 4.30. The summed E-state index contributed by atoms with van der Waals surface area (Å²) in [6, 6.07) is 10.4. The van der Waals surface area contributed by atoms with Crippen molar-refractivity contribution in [2.24, 2.45) is 0 Å². The molecule has 1 heterocycles. The molecule has 0 aliphatic rings. The fourth-order valence-corrected chi connectivity index (χ4v) is 1.94. The van der Waals surface area contributed by atoms with Gasteiger partial charge < -0.3 is 15.3 Å². The Labute approximate surface area is 112 Å². The highest BCUT2D eigenvalue weighted by Crippen LogP contribution is 2.14. The summed E-state index contributed by atoms with van der Waals surface area (Å²) < 4.78 is 13.0. The van der Waals surface area contributed by atoms with Crippen LogP contribution in [0.25, 0.3) is 11.0 Å². The molecule has 3 rings (SSSR count). The fraction of sp³-hybridized carbons (Fsp3) is 0. The van der Waals surface area contributed by atoms with Crippen molar-refractivity contribution in [3.63, 3.8) is 0 Å². The van der Waals surface area contributed by atoms with Crippen molar-refractivity contribution in [1.29, 1.82) is 0 Å². The summed E-state index contributed by atoms with van der Waals surface area (Å²) in [7, 11) is 0. The summed E-state index contributed by atoms with van der Waals surface area (Å²) in [6.07, 6.45) is 0. The first-order valence-corrected chi connectivity index (χ1v) is 5.91. The van der Waals surface area contributed by atoms with E-state index < -0.39 is 5.82 Å². The van der Waals surface area contributed by atoms with Crippen LogP contribution >= 0.6 is 0 Å². The molecule has 0 radical (unpaired) electrons. The van der Waals surface area contributed by atoms with Crippen molar-refractivity contribution in [3.05, 3.63) is 64.3 Å². The SMILES string of the molecule is O=C(Nc1cccc(F)c1)c1ccc2[nH]c(=O)[nH]c2c1. The molecule has 3 N–H and O–H groups in total. The number of amides is 1. The van der Waals surface area contributed by atoms with Crippen LogP contribution < -0.4 is 11.0 Å². The summed E-state index contributed by atoms with van der Waals surface area (Å²) in [5.41, 5.74) is 1.58. The van der Waals surface area contributed by atoms with E-state index in [1.54, 1.807) is 24.3 Å². The van der Waals surface area contributed by atoms with Crippen LogP contribution in [0.1, 0.15) is 10.4 Å². The standard InChI is InChI=1S/C14H10FN3O2/c15-9-2-1-3-10(7-9)16-13(19)8-4-5-11-12(6-8)18-14(20)17-11/h1-7H,(H,16,19)(H2,17,18,20). The molecular weight excluding hydrogens is 261 g/mol. The Kier molecular flexibility index (Phi) is 2.83. The van der Waals surface area contributed by atoms with Gasteiger partial charge in [-0.1, -0.05) is 6.07 Å². The van der Waals surface area contributed by atoms with Crippen molar-refractivity contribution in [3.8, 4) is 0 Å². The Balaban J connectivity index is 1.90. The number of hydrogen-bond donors (Lipinski definition) is 3. The summed E-state index contributed by atoms with van der Waals surface area (Å²) in [5.74, 6) is -0.798. The number of imidazole rings is 1. The monoisotopic (exact) mass is 271 g/mol. The molecule has 0 unspecified atom stereocenters. The number of fused-ring (bicyclic) bond motifs is 1. The number of anilines is 1. The Morgan fingerprint density at radius 1 is 1.05 bits per heavy atom. The van der Waals surface area contributed by atoms with E-state index in [9.17, 15) is 14.0 Å². The second kappa shape index (κ2) is 4.65. The number of hydrogen-bond acceptors (Lipinski definition) is 2. The third-order valence-corrected chi connectivity index (χ3v) is 2.86. The van der Waals surface area contributed by atoms with Crippen LogP contribution in [0.5, 0.6) is 0 Å². The lowest BCUT2D eigenvalue weighted by Gasteiger charge is -2.05. The van der Waals surface area contributed by atoms with E-state index in [1.165, 1.54) is 18.2 Å². The van der Waals surface area contributed by atoms with Gasteiger partial charge in [0.2, 0.25) is 0 Å². The van der Waals surface area contributed by atoms with Gasteiger partial charge in [-0.3, -0.25) is 4.79 Å². The van der Waals surface area contributed by atoms with Gasteiger partial charge in [-0.2, -0.15) is 0 Å². The first-order chi connectivity index (χ1) is 9.61. The average molecular weight is 271 g/mol. The Morgan fingerprint density at radius 2 is 1.85 bits per heavy atom. The Morgan fingerprint density at radius 3 is 2.65 bits per heavy atom. The van der Waals surface area contributed by atoms with Crippen molar-refractivity contribution >= 4 is 22.6 Å². The van der Waals surface area contributed by atoms with E-state index in [-0.39, 0.29) is 11.6 Å². The summed E-state index contributed by atoms with van der Waals surface area (Å²) >= 11 is 0. The lowest BCUT2D eigenvalue weighted by molar-refractivity contribution is 0.102. The van der Waals surface area contributed by atoms with Crippen LogP contribution in [0.15, 0.2) is 47.3 Å². The van der Waals surface area contributed by atoms with Crippen molar-refractivity contribution in [1.82, 2.24) is 9.97 Å². The smallest absolute Gasteiger partial charge is 0.322 e. The van der Waals surface area contributed by atoms with Crippen LogP contribution in [-0.4, -0.2) is 15.9 Å². The maximum atomic E-state index is 13.0. The van der Waals surface area contributed by atoms with Gasteiger partial charge in [0.05, 0.1) is 11.0 Å². The molecule has 0 spiro atoms. The van der Waals surface area contributed by atoms with Gasteiger partial charge >= 0.3 is 5.69 Å². The first kappa shape index (κ1) is 12.2. The van der Waals surface area contributed by atoms with Gasteiger partial charge in [-0.15, -0.1) is 0 Å². The molecule has 1 amide bonds. The van der Waals surface area contributed by atoms with Gasteiger partial charge in [0.1, 0.15) is 5.82 Å². The molecule has 100 valence electrons. The predicted molar refractivity (Wildman–Crippen MR) is 73.3 cm³/mol. The van der Waals surface area contributed by atoms with E-state index in [2.05, 4.69) is 15.3 Å². The topological polar surface area (TPSA) is 77.8 Å². The highest BCUT2D eigenvalue weighted by molar-refractivity contribution is 6.05. The van der Waals surface area contributed by atoms with Crippen LogP contribution in [0.4, 0.5) is 10.1 Å². The summed E-state index contributed by atoms with van der Waals surface area (Å²) in [4.78, 5) is 28.4. The minimum atomic E-state index is -0.423. The second-order valence-electron chi connectivity index (χ2n) is 4.30. The highest BCUT2D eigenvalue weighted by atomic mass is 19.1. The lowest BCUT2D eigenvalue weighted by Crippen LogP contribution is -2.11. The zero-order valence-corrected chi connectivity index (χ0v) is 10.2. The number of halogens is 1. The third-order valence-electron chi connectivity index (χ3n) is 2.86. The third kappa shape index (κ3) is 2.31. The largest absolute Gasteiger partial charge is 0.323 e. The quantitative estimate of drug-likeness (QED) is 0.668. The normalized spacial score (nSPS) is 10.7. The first-order valence-electron chi connectivity index (χ1n) is 5.91. The molecule has 0 saturated heterocycles. The van der Waals surface area contributed by atoms with Gasteiger partial charge in [0.15, 0.2) is 0 Å². The molecule has 0 bridgehead atoms. The van der Waals surface area contributed by atoms with Crippen molar-refractivity contribution in [2.75, 3.05) is 5.32 Å². The van der Waals surface area contributed by atoms with E-state index in [4.69, 9.17) is 0 Å². The van der Waals surface area contributed by atoms with Crippen LogP contribution in [0.3, 0.4) is 0 Å². The van der Waals surface area contributed by atoms with Crippen molar-refractivity contribution in [2.45, 2.75) is 0 Å². The predicted octanol–water partition coefficient (Wildman–Crippen LogP) is 2.25. The molecule has 1 aromatic heterocycles. The summed E-state index contributed by atoms with van der Waals surface area (Å²) in [6.45, 7) is 0. The molecular formula is C14H10FN3O2. The van der Waals surface area contributed by atoms with Crippen LogP contribution in [0, 0.1) is 5.82 Å². The van der Waals surface area contributed by atoms with Gasteiger partial charge in [-0.05, 0) is 36.4 Å². The molecule has 3 aromatic rings. The highest BCUT2D eigenvalue weighted by Gasteiger charge is 2.08. The number of benzene rings is 2. The molecule has 0 aliphatic heterocycles. The molecule has 2 aromatic carbocycles. The molecule has 20 heavy (non-hydrogen) atoms. The molecule has 0 atom stereocenters. The fourth-order valence-electron chi connectivity index (χ4n) is 1.94. The number of H-pyrrole nitrogens is 2. The number of carbonyl (C=O) groups excluding carboxylic acids is 1. The minimum absolute atomic E-state index is 0.331. The number of rotatable bonds is 2. The van der Waals surface area contributed by atoms with Gasteiger partial charge in [0.25, 0.3) is 5.91 Å². The number of carbonyl (C=O) groups is 1. The van der Waals surface area contributed by atoms with Gasteiger partial charge in [-0.25, -0.2) is 9.18 Å². The number of aromatic amines is 2. The zero-order chi connectivity index (χ0) is 14.1. The van der Waals surface area contributed by atoms with Crippen LogP contribution in [0.2, 0.25) is 0 Å². The molecule has 6 heteroatoms. The molecule has 0 fully saturated rings. The van der Waals surface area contributed by atoms with Crippen LogP contribution in [-0.2, 0) is 0 Å². The molecule has 0 aliphatic carbocycles. The number of aromatic nitrogens is 2.